The average Bonchev–Trinajstić information content (AvgIpc) is 2.03. The summed E-state index contributed by atoms with van der Waals surface area (Å²) in [5, 5.41) is 10.1. The van der Waals surface area contributed by atoms with Crippen LogP contribution in [-0.2, 0) is 0 Å². The summed E-state index contributed by atoms with van der Waals surface area (Å²) in [5.74, 6) is 1.21. The van der Waals surface area contributed by atoms with E-state index in [1.165, 1.54) is 31.4 Å². The highest BCUT2D eigenvalue weighted by Crippen LogP contribution is 2.28. The van der Waals surface area contributed by atoms with E-state index in [4.69, 9.17) is 0 Å². The van der Waals surface area contributed by atoms with Crippen LogP contribution in [0.1, 0.15) is 39.0 Å². The fourth-order valence-electron chi connectivity index (χ4n) is 1.54. The molecule has 0 aromatic heterocycles. The summed E-state index contributed by atoms with van der Waals surface area (Å²) in [6.07, 6.45) is 6.02. The first-order valence-corrected chi connectivity index (χ1v) is 5.69. The zero-order valence-corrected chi connectivity index (χ0v) is 8.07. The molecular formula is C9H18OS. The standard InChI is InChI=1S/C9H18OS/c1-2-7-11-9-6-4-3-5-8(9)10/h8-10H,2-7H2,1H3/t8-,9-/m1/s1. The predicted molar refractivity (Wildman–Crippen MR) is 51.0 cm³/mol. The topological polar surface area (TPSA) is 20.2 Å². The van der Waals surface area contributed by atoms with Crippen LogP contribution in [0.4, 0.5) is 0 Å². The Morgan fingerprint density at radius 1 is 1.36 bits per heavy atom. The molecule has 2 atom stereocenters. The summed E-state index contributed by atoms with van der Waals surface area (Å²) in [4.78, 5) is 0. The highest BCUT2D eigenvalue weighted by Gasteiger charge is 2.22. The number of hydrogen-bond donors (Lipinski definition) is 1. The molecule has 1 N–H and O–H groups in total. The minimum absolute atomic E-state index is 0.0136. The molecule has 1 saturated carbocycles. The molecule has 0 amide bonds. The van der Waals surface area contributed by atoms with E-state index < -0.39 is 0 Å². The molecular weight excluding hydrogens is 156 g/mol. The minimum atomic E-state index is -0.0136. The van der Waals surface area contributed by atoms with Gasteiger partial charge in [-0.25, -0.2) is 0 Å². The SMILES string of the molecule is CCCS[C@@H]1CCCC[C@H]1O. The fourth-order valence-corrected chi connectivity index (χ4v) is 2.77. The van der Waals surface area contributed by atoms with Crippen molar-refractivity contribution in [2.24, 2.45) is 0 Å². The molecule has 66 valence electrons. The Kier molecular flexibility index (Phi) is 4.31. The number of aliphatic hydroxyl groups is 1. The second-order valence-electron chi connectivity index (χ2n) is 3.26. The molecule has 2 heteroatoms. The lowest BCUT2D eigenvalue weighted by molar-refractivity contribution is 0.137. The molecule has 1 aliphatic carbocycles. The van der Waals surface area contributed by atoms with Crippen LogP contribution in [0.2, 0.25) is 0 Å². The van der Waals surface area contributed by atoms with Crippen LogP contribution in [0.25, 0.3) is 0 Å². The van der Waals surface area contributed by atoms with Gasteiger partial charge in [0.15, 0.2) is 0 Å². The summed E-state index contributed by atoms with van der Waals surface area (Å²) < 4.78 is 0. The number of thioether (sulfide) groups is 1. The van der Waals surface area contributed by atoms with Gasteiger partial charge in [0, 0.05) is 5.25 Å². The van der Waals surface area contributed by atoms with Gasteiger partial charge < -0.3 is 5.11 Å². The third kappa shape index (κ3) is 3.04. The molecule has 1 fully saturated rings. The van der Waals surface area contributed by atoms with E-state index in [0.29, 0.717) is 5.25 Å². The van der Waals surface area contributed by atoms with E-state index in [2.05, 4.69) is 6.92 Å². The zero-order valence-electron chi connectivity index (χ0n) is 7.25. The van der Waals surface area contributed by atoms with Gasteiger partial charge in [0.05, 0.1) is 6.10 Å². The third-order valence-electron chi connectivity index (χ3n) is 2.20. The maximum atomic E-state index is 9.57. The first-order valence-electron chi connectivity index (χ1n) is 4.64. The van der Waals surface area contributed by atoms with E-state index >= 15 is 0 Å². The number of rotatable bonds is 3. The zero-order chi connectivity index (χ0) is 8.10. The summed E-state index contributed by atoms with van der Waals surface area (Å²) in [6, 6.07) is 0. The minimum Gasteiger partial charge on any atom is -0.392 e. The van der Waals surface area contributed by atoms with E-state index in [9.17, 15) is 5.11 Å². The van der Waals surface area contributed by atoms with Gasteiger partial charge in [0.25, 0.3) is 0 Å². The van der Waals surface area contributed by atoms with Crippen LogP contribution in [0, 0.1) is 0 Å². The molecule has 0 bridgehead atoms. The van der Waals surface area contributed by atoms with Crippen molar-refractivity contribution in [3.63, 3.8) is 0 Å². The Morgan fingerprint density at radius 3 is 2.73 bits per heavy atom. The van der Waals surface area contributed by atoms with Crippen molar-refractivity contribution in [2.45, 2.75) is 50.4 Å². The molecule has 0 aromatic rings. The van der Waals surface area contributed by atoms with Crippen molar-refractivity contribution in [1.82, 2.24) is 0 Å². The molecule has 0 aliphatic heterocycles. The van der Waals surface area contributed by atoms with Gasteiger partial charge in [-0.15, -0.1) is 0 Å². The first kappa shape index (κ1) is 9.40. The number of aliphatic hydroxyl groups excluding tert-OH is 1. The molecule has 11 heavy (non-hydrogen) atoms. The van der Waals surface area contributed by atoms with Gasteiger partial charge in [-0.2, -0.15) is 11.8 Å². The van der Waals surface area contributed by atoms with Crippen molar-refractivity contribution < 1.29 is 5.11 Å². The summed E-state index contributed by atoms with van der Waals surface area (Å²) >= 11 is 1.96. The van der Waals surface area contributed by atoms with Gasteiger partial charge >= 0.3 is 0 Å². The van der Waals surface area contributed by atoms with E-state index in [-0.39, 0.29) is 6.10 Å². The molecule has 0 heterocycles. The lowest BCUT2D eigenvalue weighted by Crippen LogP contribution is -2.26. The quantitative estimate of drug-likeness (QED) is 0.709. The highest BCUT2D eigenvalue weighted by atomic mass is 32.2. The molecule has 1 aliphatic rings. The Morgan fingerprint density at radius 2 is 2.09 bits per heavy atom. The molecule has 0 radical (unpaired) electrons. The Labute approximate surface area is 73.6 Å². The second-order valence-corrected chi connectivity index (χ2v) is 4.61. The third-order valence-corrected chi connectivity index (χ3v) is 3.83. The lowest BCUT2D eigenvalue weighted by atomic mass is 9.97. The summed E-state index contributed by atoms with van der Waals surface area (Å²) in [7, 11) is 0. The van der Waals surface area contributed by atoms with Crippen molar-refractivity contribution in [2.75, 3.05) is 5.75 Å². The van der Waals surface area contributed by atoms with E-state index in [1.807, 2.05) is 11.8 Å². The van der Waals surface area contributed by atoms with Crippen LogP contribution in [0.5, 0.6) is 0 Å². The molecule has 0 aromatic carbocycles. The number of hydrogen-bond acceptors (Lipinski definition) is 2. The van der Waals surface area contributed by atoms with Crippen molar-refractivity contribution in [3.8, 4) is 0 Å². The van der Waals surface area contributed by atoms with Crippen molar-refractivity contribution >= 4 is 11.8 Å². The van der Waals surface area contributed by atoms with Gasteiger partial charge in [-0.1, -0.05) is 19.8 Å². The predicted octanol–water partition coefficient (Wildman–Crippen LogP) is 2.43. The van der Waals surface area contributed by atoms with Crippen LogP contribution in [0.3, 0.4) is 0 Å². The molecule has 0 saturated heterocycles. The Hall–Kier alpha value is 0.310. The summed E-state index contributed by atoms with van der Waals surface area (Å²) in [5.41, 5.74) is 0. The van der Waals surface area contributed by atoms with Gasteiger partial charge in [0.1, 0.15) is 0 Å². The van der Waals surface area contributed by atoms with Crippen molar-refractivity contribution in [3.05, 3.63) is 0 Å². The van der Waals surface area contributed by atoms with Crippen LogP contribution < -0.4 is 0 Å². The van der Waals surface area contributed by atoms with Gasteiger partial charge in [-0.05, 0) is 25.0 Å². The van der Waals surface area contributed by atoms with E-state index in [1.54, 1.807) is 0 Å². The summed E-state index contributed by atoms with van der Waals surface area (Å²) in [6.45, 7) is 2.20. The Bertz CT molecular complexity index is 106. The van der Waals surface area contributed by atoms with Crippen molar-refractivity contribution in [1.29, 1.82) is 0 Å². The molecule has 0 spiro atoms. The smallest absolute Gasteiger partial charge is 0.0658 e. The second kappa shape index (κ2) is 5.04. The maximum Gasteiger partial charge on any atom is 0.0658 e. The normalized spacial score (nSPS) is 32.2. The van der Waals surface area contributed by atoms with Crippen LogP contribution >= 0.6 is 11.8 Å². The van der Waals surface area contributed by atoms with E-state index in [0.717, 1.165) is 6.42 Å². The average molecular weight is 174 g/mol. The molecule has 1 nitrogen and oxygen atoms in total. The molecule has 1 rings (SSSR count). The lowest BCUT2D eigenvalue weighted by Gasteiger charge is -2.26. The van der Waals surface area contributed by atoms with Gasteiger partial charge in [0.2, 0.25) is 0 Å². The van der Waals surface area contributed by atoms with Gasteiger partial charge in [-0.3, -0.25) is 0 Å². The highest BCUT2D eigenvalue weighted by molar-refractivity contribution is 7.99. The monoisotopic (exact) mass is 174 g/mol. The van der Waals surface area contributed by atoms with Crippen LogP contribution in [0.15, 0.2) is 0 Å². The van der Waals surface area contributed by atoms with Crippen LogP contribution in [-0.4, -0.2) is 22.2 Å². The maximum absolute atomic E-state index is 9.57. The fraction of sp³-hybridized carbons (Fsp3) is 1.00. The largest absolute Gasteiger partial charge is 0.392 e. The first-order chi connectivity index (χ1) is 5.34. The Balaban J connectivity index is 2.18. The molecule has 0 unspecified atom stereocenters.